The van der Waals surface area contributed by atoms with Crippen molar-refractivity contribution in [1.29, 1.82) is 0 Å². The number of aliphatic hydroxyl groups excluding tert-OH is 1. The fraction of sp³-hybridized carbons (Fsp3) is 0.481. The van der Waals surface area contributed by atoms with Crippen molar-refractivity contribution in [3.8, 4) is 17.6 Å². The molecule has 0 radical (unpaired) electrons. The predicted octanol–water partition coefficient (Wildman–Crippen LogP) is 3.49. The van der Waals surface area contributed by atoms with Gasteiger partial charge in [-0.25, -0.2) is 12.8 Å². The van der Waals surface area contributed by atoms with Crippen LogP contribution in [-0.4, -0.2) is 61.6 Å². The SMILES string of the molecule is C[C@@H]1CN([C@H](C)CO)S(=O)(=O)c2ccc(C#CC3CC3)cc2O[C@H]1CN(C)Cc1ccc(F)cc1. The maximum absolute atomic E-state index is 13.6. The Bertz CT molecular complexity index is 1200. The van der Waals surface area contributed by atoms with Crippen molar-refractivity contribution in [3.05, 3.63) is 59.4 Å². The lowest BCUT2D eigenvalue weighted by atomic mass is 10.0. The zero-order valence-electron chi connectivity index (χ0n) is 20.4. The third-order valence-electron chi connectivity index (χ3n) is 6.52. The number of nitrogens with zero attached hydrogens (tertiary/aromatic N) is 2. The highest BCUT2D eigenvalue weighted by molar-refractivity contribution is 7.89. The number of fused-ring (bicyclic) bond motifs is 1. The molecule has 1 aliphatic heterocycles. The summed E-state index contributed by atoms with van der Waals surface area (Å²) in [6, 6.07) is 10.8. The number of hydrogen-bond acceptors (Lipinski definition) is 5. The van der Waals surface area contributed by atoms with E-state index in [1.807, 2.05) is 14.0 Å². The van der Waals surface area contributed by atoms with E-state index in [1.54, 1.807) is 37.3 Å². The smallest absolute Gasteiger partial charge is 0.247 e. The number of ether oxygens (including phenoxy) is 1. The molecule has 0 bridgehead atoms. The third-order valence-corrected chi connectivity index (χ3v) is 8.54. The van der Waals surface area contributed by atoms with Gasteiger partial charge in [-0.15, -0.1) is 0 Å². The number of halogens is 1. The minimum atomic E-state index is -3.88. The molecule has 0 saturated heterocycles. The van der Waals surface area contributed by atoms with E-state index in [9.17, 15) is 17.9 Å². The highest BCUT2D eigenvalue weighted by Gasteiger charge is 2.38. The van der Waals surface area contributed by atoms with Crippen LogP contribution in [0.4, 0.5) is 4.39 Å². The van der Waals surface area contributed by atoms with Crippen molar-refractivity contribution in [1.82, 2.24) is 9.21 Å². The molecule has 0 aromatic heterocycles. The Balaban J connectivity index is 1.65. The number of likely N-dealkylation sites (N-methyl/N-ethyl adjacent to an activating group) is 1. The summed E-state index contributed by atoms with van der Waals surface area (Å²) >= 11 is 0. The molecule has 35 heavy (non-hydrogen) atoms. The van der Waals surface area contributed by atoms with E-state index in [0.717, 1.165) is 24.0 Å². The maximum atomic E-state index is 13.6. The van der Waals surface area contributed by atoms with Gasteiger partial charge in [0.25, 0.3) is 0 Å². The van der Waals surface area contributed by atoms with Crippen LogP contribution in [0.15, 0.2) is 47.4 Å². The fourth-order valence-electron chi connectivity index (χ4n) is 4.21. The molecule has 1 aliphatic carbocycles. The second-order valence-electron chi connectivity index (χ2n) is 9.77. The largest absolute Gasteiger partial charge is 0.487 e. The van der Waals surface area contributed by atoms with E-state index in [4.69, 9.17) is 4.74 Å². The van der Waals surface area contributed by atoms with Crippen molar-refractivity contribution < 1.29 is 22.7 Å². The topological polar surface area (TPSA) is 70.1 Å². The molecule has 0 unspecified atom stereocenters. The normalized spacial score (nSPS) is 22.8. The Morgan fingerprint density at radius 2 is 1.94 bits per heavy atom. The van der Waals surface area contributed by atoms with Gasteiger partial charge in [0, 0.05) is 43.1 Å². The summed E-state index contributed by atoms with van der Waals surface area (Å²) in [5, 5.41) is 9.79. The van der Waals surface area contributed by atoms with Gasteiger partial charge in [0.15, 0.2) is 0 Å². The summed E-state index contributed by atoms with van der Waals surface area (Å²) in [5.74, 6) is 6.65. The minimum Gasteiger partial charge on any atom is -0.487 e. The van der Waals surface area contributed by atoms with Gasteiger partial charge in [-0.1, -0.05) is 30.9 Å². The first-order valence-corrected chi connectivity index (χ1v) is 13.5. The first kappa shape index (κ1) is 25.6. The molecule has 6 nitrogen and oxygen atoms in total. The second kappa shape index (κ2) is 10.7. The first-order chi connectivity index (χ1) is 16.7. The van der Waals surface area contributed by atoms with Crippen molar-refractivity contribution in [2.75, 3.05) is 26.7 Å². The summed E-state index contributed by atoms with van der Waals surface area (Å²) in [5.41, 5.74) is 1.70. The molecule has 2 aromatic carbocycles. The standard InChI is InChI=1S/C27H33FN2O4S/c1-19-15-30(20(2)18-31)35(32,33)27-13-10-22(7-6-21-4-5-21)14-25(27)34-26(19)17-29(3)16-23-8-11-24(28)12-9-23/h8-14,19-21,26,31H,4-5,15-18H2,1-3H3/t19-,20-,26+/m1/s1. The van der Waals surface area contributed by atoms with Crippen LogP contribution in [0.3, 0.4) is 0 Å². The lowest BCUT2D eigenvalue weighted by molar-refractivity contribution is 0.0733. The van der Waals surface area contributed by atoms with Crippen LogP contribution in [0.25, 0.3) is 0 Å². The van der Waals surface area contributed by atoms with Crippen LogP contribution in [0.2, 0.25) is 0 Å². The fourth-order valence-corrected chi connectivity index (χ4v) is 6.03. The molecule has 1 N–H and O–H groups in total. The molecule has 8 heteroatoms. The average molecular weight is 501 g/mol. The molecule has 0 spiro atoms. The van der Waals surface area contributed by atoms with E-state index in [-0.39, 0.29) is 41.6 Å². The Kier molecular flexibility index (Phi) is 7.82. The van der Waals surface area contributed by atoms with Crippen molar-refractivity contribution in [3.63, 3.8) is 0 Å². The van der Waals surface area contributed by atoms with Gasteiger partial charge in [0.05, 0.1) is 6.61 Å². The van der Waals surface area contributed by atoms with Crippen LogP contribution in [0.1, 0.15) is 37.8 Å². The highest BCUT2D eigenvalue weighted by Crippen LogP contribution is 2.34. The molecular formula is C27H33FN2O4S. The summed E-state index contributed by atoms with van der Waals surface area (Å²) in [7, 11) is -1.92. The number of rotatable bonds is 6. The molecule has 1 fully saturated rings. The van der Waals surface area contributed by atoms with Gasteiger partial charge >= 0.3 is 0 Å². The number of aliphatic hydroxyl groups is 1. The molecule has 0 amide bonds. The van der Waals surface area contributed by atoms with Gasteiger partial charge < -0.3 is 9.84 Å². The molecule has 1 heterocycles. The van der Waals surface area contributed by atoms with Crippen LogP contribution >= 0.6 is 0 Å². The van der Waals surface area contributed by atoms with E-state index in [0.29, 0.717) is 19.0 Å². The lowest BCUT2D eigenvalue weighted by Gasteiger charge is -2.37. The molecule has 2 aliphatic rings. The monoisotopic (exact) mass is 500 g/mol. The quantitative estimate of drug-likeness (QED) is 0.615. The first-order valence-electron chi connectivity index (χ1n) is 12.1. The summed E-state index contributed by atoms with van der Waals surface area (Å²) in [4.78, 5) is 2.17. The molecule has 2 aromatic rings. The average Bonchev–Trinajstić information content (AvgIpc) is 3.65. The van der Waals surface area contributed by atoms with E-state index in [2.05, 4.69) is 16.7 Å². The third kappa shape index (κ3) is 6.22. The van der Waals surface area contributed by atoms with E-state index >= 15 is 0 Å². The molecule has 1 saturated carbocycles. The van der Waals surface area contributed by atoms with E-state index < -0.39 is 16.1 Å². The van der Waals surface area contributed by atoms with Gasteiger partial charge in [-0.2, -0.15) is 4.31 Å². The van der Waals surface area contributed by atoms with Crippen molar-refractivity contribution in [2.45, 2.75) is 50.3 Å². The van der Waals surface area contributed by atoms with Crippen LogP contribution < -0.4 is 4.74 Å². The minimum absolute atomic E-state index is 0.0906. The summed E-state index contributed by atoms with van der Waals surface area (Å²) < 4.78 is 48.2. The zero-order chi connectivity index (χ0) is 25.2. The molecular weight excluding hydrogens is 467 g/mol. The second-order valence-corrected chi connectivity index (χ2v) is 11.6. The number of hydrogen-bond donors (Lipinski definition) is 1. The van der Waals surface area contributed by atoms with Crippen LogP contribution in [0.5, 0.6) is 5.75 Å². The summed E-state index contributed by atoms with van der Waals surface area (Å²) in [6.45, 7) is 4.76. The Labute approximate surface area is 207 Å². The lowest BCUT2D eigenvalue weighted by Crippen LogP contribution is -2.49. The van der Waals surface area contributed by atoms with Crippen molar-refractivity contribution in [2.24, 2.45) is 11.8 Å². The van der Waals surface area contributed by atoms with Gasteiger partial charge in [-0.3, -0.25) is 4.90 Å². The van der Waals surface area contributed by atoms with Crippen molar-refractivity contribution >= 4 is 10.0 Å². The van der Waals surface area contributed by atoms with Crippen LogP contribution in [-0.2, 0) is 16.6 Å². The Hall–Kier alpha value is -2.44. The Morgan fingerprint density at radius 1 is 1.23 bits per heavy atom. The Morgan fingerprint density at radius 3 is 2.60 bits per heavy atom. The number of sulfonamides is 1. The predicted molar refractivity (Wildman–Crippen MR) is 133 cm³/mol. The molecule has 188 valence electrons. The van der Waals surface area contributed by atoms with Gasteiger partial charge in [0.1, 0.15) is 22.6 Å². The highest BCUT2D eigenvalue weighted by atomic mass is 32.2. The van der Waals surface area contributed by atoms with Crippen LogP contribution in [0, 0.1) is 29.5 Å². The maximum Gasteiger partial charge on any atom is 0.247 e. The zero-order valence-corrected chi connectivity index (χ0v) is 21.3. The van der Waals surface area contributed by atoms with Gasteiger partial charge in [0.2, 0.25) is 10.0 Å². The summed E-state index contributed by atoms with van der Waals surface area (Å²) in [6.07, 6.45) is 1.91. The van der Waals surface area contributed by atoms with Gasteiger partial charge in [-0.05, 0) is 62.7 Å². The number of benzene rings is 2. The van der Waals surface area contributed by atoms with E-state index in [1.165, 1.54) is 16.4 Å². The molecule has 3 atom stereocenters. The molecule has 4 rings (SSSR count).